The fourth-order valence-electron chi connectivity index (χ4n) is 2.27. The second kappa shape index (κ2) is 6.51. The third-order valence-electron chi connectivity index (χ3n) is 3.84. The molecule has 1 heterocycles. The van der Waals surface area contributed by atoms with E-state index in [1.54, 1.807) is 30.3 Å². The van der Waals surface area contributed by atoms with Gasteiger partial charge in [-0.05, 0) is 19.4 Å². The van der Waals surface area contributed by atoms with E-state index >= 15 is 0 Å². The van der Waals surface area contributed by atoms with E-state index in [-0.39, 0.29) is 17.9 Å². The number of Topliss-reactive ketones (excluding diaryl/α,β-unsaturated/α-hetero) is 1. The third kappa shape index (κ3) is 3.34. The van der Waals surface area contributed by atoms with Gasteiger partial charge in [0, 0.05) is 18.3 Å². The lowest BCUT2D eigenvalue weighted by molar-refractivity contribution is -0.0892. The molecular weight excluding hydrogens is 323 g/mol. The fourth-order valence-corrected chi connectivity index (χ4v) is 2.27. The topological polar surface area (TPSA) is 48.3 Å². The molecule has 24 heavy (non-hydrogen) atoms. The number of pyridine rings is 1. The number of ketones is 1. The number of hydrogen-bond acceptors (Lipinski definition) is 3. The van der Waals surface area contributed by atoms with Crippen LogP contribution in [0.25, 0.3) is 0 Å². The highest BCUT2D eigenvalue weighted by Crippen LogP contribution is 2.27. The number of nitrogens with zero attached hydrogens (tertiary/aromatic N) is 1. The van der Waals surface area contributed by atoms with Crippen LogP contribution in [0.1, 0.15) is 27.3 Å². The van der Waals surface area contributed by atoms with Gasteiger partial charge >= 0.3 is 6.18 Å². The Labute approximate surface area is 136 Å². The lowest BCUT2D eigenvalue weighted by atomic mass is 10.1. The predicted molar refractivity (Wildman–Crippen MR) is 82.3 cm³/mol. The molecule has 0 fully saturated rings. The van der Waals surface area contributed by atoms with E-state index in [1.807, 2.05) is 0 Å². The molecule has 0 spiro atoms. The van der Waals surface area contributed by atoms with Crippen molar-refractivity contribution in [1.82, 2.24) is 4.57 Å². The van der Waals surface area contributed by atoms with Gasteiger partial charge in [-0.2, -0.15) is 13.2 Å². The maximum atomic E-state index is 12.9. The molecule has 7 heteroatoms. The SMILES string of the molecule is Cc1c(C)n(C)c(C(=O)C(F)(F)F)c(OCc2ccccc2)c1=O. The molecule has 2 aromatic rings. The van der Waals surface area contributed by atoms with Crippen molar-refractivity contribution in [1.29, 1.82) is 0 Å². The van der Waals surface area contributed by atoms with Crippen LogP contribution in [0.3, 0.4) is 0 Å². The predicted octanol–water partition coefficient (Wildman–Crippen LogP) is 3.33. The van der Waals surface area contributed by atoms with Gasteiger partial charge in [0.25, 0.3) is 5.78 Å². The van der Waals surface area contributed by atoms with Gasteiger partial charge in [0.05, 0.1) is 0 Å². The van der Waals surface area contributed by atoms with Crippen LogP contribution in [0.15, 0.2) is 35.1 Å². The Bertz CT molecular complexity index is 824. The molecule has 0 N–H and O–H groups in total. The molecule has 0 radical (unpaired) electrons. The number of carbonyl (C=O) groups excluding carboxylic acids is 1. The zero-order chi connectivity index (χ0) is 18.1. The minimum atomic E-state index is -5.10. The normalized spacial score (nSPS) is 11.4. The Morgan fingerprint density at radius 1 is 1.17 bits per heavy atom. The molecule has 0 atom stereocenters. The standard InChI is InChI=1S/C17H16F3NO3/c1-10-11(2)21(3)13(16(23)17(18,19)20)15(14(10)22)24-9-12-7-5-4-6-8-12/h4-8H,9H2,1-3H3. The summed E-state index contributed by atoms with van der Waals surface area (Å²) >= 11 is 0. The number of carbonyl (C=O) groups is 1. The smallest absolute Gasteiger partial charge is 0.456 e. The first-order chi connectivity index (χ1) is 11.1. The first-order valence-corrected chi connectivity index (χ1v) is 7.13. The number of hydrogen-bond donors (Lipinski definition) is 0. The summed E-state index contributed by atoms with van der Waals surface area (Å²) in [4.78, 5) is 24.1. The van der Waals surface area contributed by atoms with Crippen LogP contribution in [0.5, 0.6) is 5.75 Å². The van der Waals surface area contributed by atoms with Gasteiger partial charge in [-0.1, -0.05) is 30.3 Å². The Kier molecular flexibility index (Phi) is 4.82. The number of benzene rings is 1. The van der Waals surface area contributed by atoms with Crippen molar-refractivity contribution in [3.8, 4) is 5.75 Å². The minimum Gasteiger partial charge on any atom is -0.483 e. The molecule has 4 nitrogen and oxygen atoms in total. The number of rotatable bonds is 4. The van der Waals surface area contributed by atoms with Gasteiger partial charge in [0.2, 0.25) is 5.43 Å². The van der Waals surface area contributed by atoms with Crippen molar-refractivity contribution in [2.45, 2.75) is 26.6 Å². The van der Waals surface area contributed by atoms with E-state index in [2.05, 4.69) is 0 Å². The summed E-state index contributed by atoms with van der Waals surface area (Å²) in [5, 5.41) is 0. The van der Waals surface area contributed by atoms with Gasteiger partial charge in [0.1, 0.15) is 12.3 Å². The lowest BCUT2D eigenvalue weighted by Crippen LogP contribution is -2.31. The zero-order valence-electron chi connectivity index (χ0n) is 13.4. The van der Waals surface area contributed by atoms with E-state index in [1.165, 1.54) is 20.9 Å². The number of ether oxygens (including phenoxy) is 1. The second-order valence-corrected chi connectivity index (χ2v) is 5.38. The summed E-state index contributed by atoms with van der Waals surface area (Å²) in [6, 6.07) is 8.66. The van der Waals surface area contributed by atoms with Crippen molar-refractivity contribution in [3.63, 3.8) is 0 Å². The highest BCUT2D eigenvalue weighted by molar-refractivity contribution is 6.01. The highest BCUT2D eigenvalue weighted by Gasteiger charge is 2.43. The van der Waals surface area contributed by atoms with Crippen LogP contribution in [-0.2, 0) is 13.7 Å². The number of alkyl halides is 3. The Morgan fingerprint density at radius 2 is 1.75 bits per heavy atom. The summed E-state index contributed by atoms with van der Waals surface area (Å²) in [5.74, 6) is -2.68. The number of halogens is 3. The molecule has 0 unspecified atom stereocenters. The zero-order valence-corrected chi connectivity index (χ0v) is 13.4. The van der Waals surface area contributed by atoms with E-state index in [0.717, 1.165) is 4.57 Å². The van der Waals surface area contributed by atoms with Crippen molar-refractivity contribution < 1.29 is 22.7 Å². The maximum Gasteiger partial charge on any atom is 0.456 e. The van der Waals surface area contributed by atoms with Crippen LogP contribution in [0, 0.1) is 13.8 Å². The molecule has 0 amide bonds. The summed E-state index contributed by atoms with van der Waals surface area (Å²) in [5.41, 5.74) is -0.317. The first-order valence-electron chi connectivity index (χ1n) is 7.13. The molecular formula is C17H16F3NO3. The van der Waals surface area contributed by atoms with Crippen molar-refractivity contribution in [3.05, 3.63) is 63.1 Å². The van der Waals surface area contributed by atoms with Crippen LogP contribution < -0.4 is 10.2 Å². The highest BCUT2D eigenvalue weighted by atomic mass is 19.4. The molecule has 0 aliphatic heterocycles. The van der Waals surface area contributed by atoms with Crippen molar-refractivity contribution in [2.24, 2.45) is 7.05 Å². The molecule has 0 aliphatic carbocycles. The summed E-state index contributed by atoms with van der Waals surface area (Å²) in [7, 11) is 1.30. The Balaban J connectivity index is 2.56. The molecule has 2 rings (SSSR count). The third-order valence-corrected chi connectivity index (χ3v) is 3.84. The van der Waals surface area contributed by atoms with Crippen molar-refractivity contribution in [2.75, 3.05) is 0 Å². The molecule has 0 saturated carbocycles. The van der Waals surface area contributed by atoms with Crippen LogP contribution in [-0.4, -0.2) is 16.5 Å². The summed E-state index contributed by atoms with van der Waals surface area (Å²) < 4.78 is 45.1. The van der Waals surface area contributed by atoms with Gasteiger partial charge < -0.3 is 9.30 Å². The number of aromatic nitrogens is 1. The average molecular weight is 339 g/mol. The second-order valence-electron chi connectivity index (χ2n) is 5.38. The molecule has 0 aliphatic rings. The first kappa shape index (κ1) is 17.8. The quantitative estimate of drug-likeness (QED) is 0.803. The van der Waals surface area contributed by atoms with E-state index in [0.29, 0.717) is 5.56 Å². The Morgan fingerprint density at radius 3 is 2.29 bits per heavy atom. The van der Waals surface area contributed by atoms with Crippen LogP contribution in [0.2, 0.25) is 0 Å². The summed E-state index contributed by atoms with van der Waals surface area (Å²) in [6.07, 6.45) is -5.10. The molecule has 1 aromatic heterocycles. The maximum absolute atomic E-state index is 12.9. The molecule has 128 valence electrons. The van der Waals surface area contributed by atoms with E-state index < -0.39 is 28.8 Å². The minimum absolute atomic E-state index is 0.114. The molecule has 0 saturated heterocycles. The molecule has 0 bridgehead atoms. The largest absolute Gasteiger partial charge is 0.483 e. The van der Waals surface area contributed by atoms with Gasteiger partial charge in [-0.25, -0.2) is 0 Å². The van der Waals surface area contributed by atoms with Gasteiger partial charge in [-0.15, -0.1) is 0 Å². The van der Waals surface area contributed by atoms with Crippen LogP contribution in [0.4, 0.5) is 13.2 Å². The average Bonchev–Trinajstić information content (AvgIpc) is 2.54. The fraction of sp³-hybridized carbons (Fsp3) is 0.294. The summed E-state index contributed by atoms with van der Waals surface area (Å²) in [6.45, 7) is 2.84. The van der Waals surface area contributed by atoms with Crippen LogP contribution >= 0.6 is 0 Å². The van der Waals surface area contributed by atoms with E-state index in [9.17, 15) is 22.8 Å². The van der Waals surface area contributed by atoms with Gasteiger partial charge in [0.15, 0.2) is 5.75 Å². The lowest BCUT2D eigenvalue weighted by Gasteiger charge is -2.19. The van der Waals surface area contributed by atoms with E-state index in [4.69, 9.17) is 4.74 Å². The monoisotopic (exact) mass is 339 g/mol. The van der Waals surface area contributed by atoms with Crippen molar-refractivity contribution >= 4 is 5.78 Å². The van der Waals surface area contributed by atoms with Gasteiger partial charge in [-0.3, -0.25) is 9.59 Å². The Hall–Kier alpha value is -2.57. The molecule has 1 aromatic carbocycles.